The highest BCUT2D eigenvalue weighted by Crippen LogP contribution is 2.20. The second-order valence-corrected chi connectivity index (χ2v) is 5.18. The van der Waals surface area contributed by atoms with Crippen molar-refractivity contribution < 1.29 is 19.4 Å². The number of benzene rings is 1. The molecule has 0 radical (unpaired) electrons. The van der Waals surface area contributed by atoms with Crippen LogP contribution in [0.4, 0.5) is 0 Å². The standard InChI is InChI=1S/C15H19NO4/c1-11-3-2-4-13(7-11)20-6-5-14(17)16-9-12(10-16)8-15(18)19/h2-4,7,12H,5-6,8-10H2,1H3,(H,18,19). The van der Waals surface area contributed by atoms with Gasteiger partial charge < -0.3 is 14.7 Å². The summed E-state index contributed by atoms with van der Waals surface area (Å²) < 4.78 is 5.53. The van der Waals surface area contributed by atoms with Crippen molar-refractivity contribution in [2.45, 2.75) is 19.8 Å². The average Bonchev–Trinajstić information content (AvgIpc) is 2.33. The van der Waals surface area contributed by atoms with E-state index in [0.29, 0.717) is 26.1 Å². The number of nitrogens with zero attached hydrogens (tertiary/aromatic N) is 1. The molecule has 0 saturated carbocycles. The fourth-order valence-corrected chi connectivity index (χ4v) is 2.27. The number of likely N-dealkylation sites (tertiary alicyclic amines) is 1. The average molecular weight is 277 g/mol. The number of carbonyl (C=O) groups is 2. The first-order valence-electron chi connectivity index (χ1n) is 6.73. The minimum atomic E-state index is -0.801. The van der Waals surface area contributed by atoms with Crippen molar-refractivity contribution in [3.63, 3.8) is 0 Å². The molecule has 5 heteroatoms. The molecule has 1 heterocycles. The molecule has 0 atom stereocenters. The van der Waals surface area contributed by atoms with Crippen LogP contribution >= 0.6 is 0 Å². The highest BCUT2D eigenvalue weighted by molar-refractivity contribution is 5.77. The van der Waals surface area contributed by atoms with Gasteiger partial charge in [-0.2, -0.15) is 0 Å². The van der Waals surface area contributed by atoms with Crippen molar-refractivity contribution in [1.29, 1.82) is 0 Å². The maximum atomic E-state index is 11.8. The summed E-state index contributed by atoms with van der Waals surface area (Å²) in [5.41, 5.74) is 1.12. The summed E-state index contributed by atoms with van der Waals surface area (Å²) in [5, 5.41) is 8.64. The molecule has 108 valence electrons. The zero-order valence-corrected chi connectivity index (χ0v) is 11.5. The number of carbonyl (C=O) groups excluding carboxylic acids is 1. The highest BCUT2D eigenvalue weighted by atomic mass is 16.5. The second-order valence-electron chi connectivity index (χ2n) is 5.18. The predicted octanol–water partition coefficient (Wildman–Crippen LogP) is 1.70. The monoisotopic (exact) mass is 277 g/mol. The zero-order valence-electron chi connectivity index (χ0n) is 11.5. The van der Waals surface area contributed by atoms with Crippen molar-refractivity contribution >= 4 is 11.9 Å². The molecular formula is C15H19NO4. The van der Waals surface area contributed by atoms with Crippen LogP contribution in [0.5, 0.6) is 5.75 Å². The number of carboxylic acid groups (broad SMARTS) is 1. The Hall–Kier alpha value is -2.04. The number of aliphatic carboxylic acids is 1. The van der Waals surface area contributed by atoms with E-state index < -0.39 is 5.97 Å². The summed E-state index contributed by atoms with van der Waals surface area (Å²) in [6.45, 7) is 3.44. The van der Waals surface area contributed by atoms with E-state index >= 15 is 0 Å². The van der Waals surface area contributed by atoms with Crippen LogP contribution in [0.25, 0.3) is 0 Å². The Bertz CT molecular complexity index is 494. The van der Waals surface area contributed by atoms with Crippen LogP contribution in [0.2, 0.25) is 0 Å². The van der Waals surface area contributed by atoms with Gasteiger partial charge >= 0.3 is 5.97 Å². The van der Waals surface area contributed by atoms with Gasteiger partial charge in [-0.25, -0.2) is 0 Å². The van der Waals surface area contributed by atoms with E-state index in [-0.39, 0.29) is 18.2 Å². The van der Waals surface area contributed by atoms with Gasteiger partial charge in [-0.05, 0) is 24.6 Å². The smallest absolute Gasteiger partial charge is 0.303 e. The minimum absolute atomic E-state index is 0.0271. The number of hydrogen-bond donors (Lipinski definition) is 1. The third-order valence-corrected chi connectivity index (χ3v) is 3.35. The third kappa shape index (κ3) is 3.98. The van der Waals surface area contributed by atoms with Crippen molar-refractivity contribution in [2.24, 2.45) is 5.92 Å². The second kappa shape index (κ2) is 6.41. The van der Waals surface area contributed by atoms with Crippen LogP contribution in [-0.2, 0) is 9.59 Å². The molecule has 0 aliphatic carbocycles. The van der Waals surface area contributed by atoms with Gasteiger partial charge in [0.1, 0.15) is 5.75 Å². The molecule has 1 aromatic carbocycles. The molecular weight excluding hydrogens is 258 g/mol. The van der Waals surface area contributed by atoms with Crippen molar-refractivity contribution in [3.05, 3.63) is 29.8 Å². The fourth-order valence-electron chi connectivity index (χ4n) is 2.27. The summed E-state index contributed by atoms with van der Waals surface area (Å²) >= 11 is 0. The normalized spacial score (nSPS) is 14.8. The minimum Gasteiger partial charge on any atom is -0.493 e. The van der Waals surface area contributed by atoms with E-state index in [2.05, 4.69) is 0 Å². The molecule has 0 bridgehead atoms. The van der Waals surface area contributed by atoms with Crippen molar-refractivity contribution in [1.82, 2.24) is 4.90 Å². The molecule has 1 aromatic rings. The molecule has 1 amide bonds. The Kier molecular flexibility index (Phi) is 4.61. The molecule has 1 aliphatic rings. The summed E-state index contributed by atoms with van der Waals surface area (Å²) in [7, 11) is 0. The molecule has 20 heavy (non-hydrogen) atoms. The van der Waals surface area contributed by atoms with Gasteiger partial charge in [0, 0.05) is 19.0 Å². The number of aryl methyl sites for hydroxylation is 1. The first-order valence-corrected chi connectivity index (χ1v) is 6.73. The van der Waals surface area contributed by atoms with Crippen LogP contribution in [0.15, 0.2) is 24.3 Å². The maximum Gasteiger partial charge on any atom is 0.303 e. The third-order valence-electron chi connectivity index (χ3n) is 3.35. The highest BCUT2D eigenvalue weighted by Gasteiger charge is 2.31. The first-order chi connectivity index (χ1) is 9.54. The number of amides is 1. The van der Waals surface area contributed by atoms with E-state index in [1.54, 1.807) is 4.90 Å². The predicted molar refractivity (Wildman–Crippen MR) is 73.6 cm³/mol. The Morgan fingerprint density at radius 1 is 1.40 bits per heavy atom. The van der Waals surface area contributed by atoms with Crippen LogP contribution in [0, 0.1) is 12.8 Å². The molecule has 0 unspecified atom stereocenters. The lowest BCUT2D eigenvalue weighted by Gasteiger charge is -2.38. The maximum absolute atomic E-state index is 11.8. The number of rotatable bonds is 6. The van der Waals surface area contributed by atoms with Gasteiger partial charge in [0.2, 0.25) is 5.91 Å². The molecule has 0 aromatic heterocycles. The van der Waals surface area contributed by atoms with E-state index in [9.17, 15) is 9.59 Å². The SMILES string of the molecule is Cc1cccc(OCCC(=O)N2CC(CC(=O)O)C2)c1. The Morgan fingerprint density at radius 3 is 2.80 bits per heavy atom. The summed E-state index contributed by atoms with van der Waals surface area (Å²) in [4.78, 5) is 24.0. The van der Waals surface area contributed by atoms with E-state index in [0.717, 1.165) is 11.3 Å². The summed E-state index contributed by atoms with van der Waals surface area (Å²) in [6.07, 6.45) is 0.470. The molecule has 1 saturated heterocycles. The molecule has 0 spiro atoms. The number of hydrogen-bond acceptors (Lipinski definition) is 3. The van der Waals surface area contributed by atoms with Gasteiger partial charge in [-0.15, -0.1) is 0 Å². The fraction of sp³-hybridized carbons (Fsp3) is 0.467. The lowest BCUT2D eigenvalue weighted by atomic mass is 9.96. The molecule has 1 N–H and O–H groups in total. The van der Waals surface area contributed by atoms with E-state index in [4.69, 9.17) is 9.84 Å². The first kappa shape index (κ1) is 14.4. The summed E-state index contributed by atoms with van der Waals surface area (Å²) in [5.74, 6) is 0.100. The van der Waals surface area contributed by atoms with Gasteiger partial charge in [0.15, 0.2) is 0 Å². The Balaban J connectivity index is 1.65. The lowest BCUT2D eigenvalue weighted by Crippen LogP contribution is -2.50. The topological polar surface area (TPSA) is 66.8 Å². The quantitative estimate of drug-likeness (QED) is 0.859. The van der Waals surface area contributed by atoms with Crippen LogP contribution in [0.1, 0.15) is 18.4 Å². The lowest BCUT2D eigenvalue weighted by molar-refractivity contribution is -0.145. The number of carboxylic acids is 1. The molecule has 5 nitrogen and oxygen atoms in total. The molecule has 2 rings (SSSR count). The zero-order chi connectivity index (χ0) is 14.5. The molecule has 1 fully saturated rings. The number of ether oxygens (including phenoxy) is 1. The van der Waals surface area contributed by atoms with Crippen LogP contribution in [0.3, 0.4) is 0 Å². The van der Waals surface area contributed by atoms with Crippen molar-refractivity contribution in [2.75, 3.05) is 19.7 Å². The largest absolute Gasteiger partial charge is 0.493 e. The van der Waals surface area contributed by atoms with E-state index in [1.807, 2.05) is 31.2 Å². The van der Waals surface area contributed by atoms with Gasteiger partial charge in [-0.3, -0.25) is 9.59 Å². The van der Waals surface area contributed by atoms with Gasteiger partial charge in [0.25, 0.3) is 0 Å². The van der Waals surface area contributed by atoms with E-state index in [1.165, 1.54) is 0 Å². The van der Waals surface area contributed by atoms with Gasteiger partial charge in [0.05, 0.1) is 19.4 Å². The molecule has 1 aliphatic heterocycles. The Labute approximate surface area is 118 Å². The van der Waals surface area contributed by atoms with Gasteiger partial charge in [-0.1, -0.05) is 12.1 Å². The van der Waals surface area contributed by atoms with Crippen LogP contribution in [-0.4, -0.2) is 41.6 Å². The van der Waals surface area contributed by atoms with Crippen molar-refractivity contribution in [3.8, 4) is 5.75 Å². The van der Waals surface area contributed by atoms with Crippen LogP contribution < -0.4 is 4.74 Å². The summed E-state index contributed by atoms with van der Waals surface area (Å²) in [6, 6.07) is 7.69. The Morgan fingerprint density at radius 2 is 2.15 bits per heavy atom.